The number of nitrogens with zero attached hydrogens (tertiary/aromatic N) is 6. The standard InChI is InChI=1S/C30H35N7O2/c1-2-26(38)36-18-16-35(17-19-36)14-7-4-8-15-37-30-27(29(31)32-22-33-30)28(34-37)24-12-9-13-25(20-24)39-21-23-10-5-3-6-11-23/h2-3,5-6,9-13,20,22H,1,4,7-8,14-19,21H2,(H2,31,32,33). The summed E-state index contributed by atoms with van der Waals surface area (Å²) < 4.78 is 7.99. The zero-order valence-electron chi connectivity index (χ0n) is 22.2. The van der Waals surface area contributed by atoms with Gasteiger partial charge in [0.2, 0.25) is 5.91 Å². The van der Waals surface area contributed by atoms with E-state index in [4.69, 9.17) is 15.6 Å². The van der Waals surface area contributed by atoms with Crippen LogP contribution < -0.4 is 10.5 Å². The number of fused-ring (bicyclic) bond motifs is 1. The first kappa shape index (κ1) is 26.4. The average Bonchev–Trinajstić information content (AvgIpc) is 3.36. The van der Waals surface area contributed by atoms with Crippen molar-refractivity contribution in [3.63, 3.8) is 0 Å². The second-order valence-electron chi connectivity index (χ2n) is 9.76. The molecule has 1 amide bonds. The molecular weight excluding hydrogens is 490 g/mol. The van der Waals surface area contributed by atoms with E-state index < -0.39 is 0 Å². The van der Waals surface area contributed by atoms with Crippen LogP contribution in [0.3, 0.4) is 0 Å². The Labute approximate surface area is 228 Å². The van der Waals surface area contributed by atoms with Crippen LogP contribution in [0.15, 0.2) is 73.6 Å². The molecule has 0 atom stereocenters. The highest BCUT2D eigenvalue weighted by Crippen LogP contribution is 2.32. The first-order chi connectivity index (χ1) is 19.1. The molecule has 4 aromatic rings. The van der Waals surface area contributed by atoms with Gasteiger partial charge in [0.1, 0.15) is 30.2 Å². The number of benzene rings is 2. The SMILES string of the molecule is C=CC(=O)N1CCN(CCCCCn2nc(-c3cccc(OCc4ccccc4)c3)c3c(N)ncnc32)CC1. The van der Waals surface area contributed by atoms with Gasteiger partial charge in [-0.1, -0.05) is 55.5 Å². The number of carbonyl (C=O) groups is 1. The summed E-state index contributed by atoms with van der Waals surface area (Å²) in [4.78, 5) is 24.8. The van der Waals surface area contributed by atoms with Crippen molar-refractivity contribution in [2.24, 2.45) is 0 Å². The van der Waals surface area contributed by atoms with E-state index in [0.29, 0.717) is 12.4 Å². The first-order valence-electron chi connectivity index (χ1n) is 13.5. The molecule has 0 aliphatic carbocycles. The van der Waals surface area contributed by atoms with E-state index in [1.807, 2.05) is 64.2 Å². The molecule has 1 fully saturated rings. The Morgan fingerprint density at radius 1 is 0.974 bits per heavy atom. The van der Waals surface area contributed by atoms with Crippen molar-refractivity contribution in [1.82, 2.24) is 29.5 Å². The Bertz CT molecular complexity index is 1410. The van der Waals surface area contributed by atoms with E-state index in [0.717, 1.165) is 92.1 Å². The van der Waals surface area contributed by atoms with Crippen LogP contribution in [-0.2, 0) is 17.9 Å². The van der Waals surface area contributed by atoms with Gasteiger partial charge in [0.25, 0.3) is 0 Å². The van der Waals surface area contributed by atoms with Crippen LogP contribution in [0.2, 0.25) is 0 Å². The molecule has 0 saturated carbocycles. The first-order valence-corrected chi connectivity index (χ1v) is 13.5. The average molecular weight is 526 g/mol. The van der Waals surface area contributed by atoms with Gasteiger partial charge in [-0.05, 0) is 43.2 Å². The summed E-state index contributed by atoms with van der Waals surface area (Å²) in [7, 11) is 0. The number of ether oxygens (including phenoxy) is 1. The van der Waals surface area contributed by atoms with Gasteiger partial charge in [0.15, 0.2) is 5.65 Å². The lowest BCUT2D eigenvalue weighted by Gasteiger charge is -2.34. The van der Waals surface area contributed by atoms with E-state index in [9.17, 15) is 4.79 Å². The van der Waals surface area contributed by atoms with Gasteiger partial charge in [-0.3, -0.25) is 9.69 Å². The van der Waals surface area contributed by atoms with Crippen molar-refractivity contribution in [3.8, 4) is 17.0 Å². The summed E-state index contributed by atoms with van der Waals surface area (Å²) in [5.41, 5.74) is 9.84. The van der Waals surface area contributed by atoms with Crippen molar-refractivity contribution in [1.29, 1.82) is 0 Å². The molecule has 9 nitrogen and oxygen atoms in total. The van der Waals surface area contributed by atoms with Crippen LogP contribution in [0.1, 0.15) is 24.8 Å². The number of hydrogen-bond acceptors (Lipinski definition) is 7. The van der Waals surface area contributed by atoms with Crippen LogP contribution >= 0.6 is 0 Å². The predicted molar refractivity (Wildman–Crippen MR) is 153 cm³/mol. The maximum absolute atomic E-state index is 11.8. The maximum Gasteiger partial charge on any atom is 0.246 e. The Morgan fingerprint density at radius 3 is 2.56 bits per heavy atom. The van der Waals surface area contributed by atoms with Gasteiger partial charge in [-0.2, -0.15) is 5.10 Å². The van der Waals surface area contributed by atoms with Gasteiger partial charge in [-0.15, -0.1) is 0 Å². The van der Waals surface area contributed by atoms with Crippen molar-refractivity contribution >= 4 is 22.8 Å². The van der Waals surface area contributed by atoms with Crippen LogP contribution in [0.5, 0.6) is 5.75 Å². The minimum Gasteiger partial charge on any atom is -0.489 e. The molecule has 2 aromatic carbocycles. The molecule has 5 rings (SSSR count). The van der Waals surface area contributed by atoms with Gasteiger partial charge in [-0.25, -0.2) is 14.6 Å². The van der Waals surface area contributed by atoms with Crippen molar-refractivity contribution in [2.45, 2.75) is 32.4 Å². The quantitative estimate of drug-likeness (QED) is 0.232. The highest BCUT2D eigenvalue weighted by Gasteiger charge is 2.19. The minimum absolute atomic E-state index is 0.0244. The lowest BCUT2D eigenvalue weighted by molar-refractivity contribution is -0.127. The fraction of sp³-hybridized carbons (Fsp3) is 0.333. The second-order valence-corrected chi connectivity index (χ2v) is 9.76. The Kier molecular flexibility index (Phi) is 8.48. The number of aromatic nitrogens is 4. The summed E-state index contributed by atoms with van der Waals surface area (Å²) >= 11 is 0. The fourth-order valence-corrected chi connectivity index (χ4v) is 4.96. The molecule has 0 radical (unpaired) electrons. The number of rotatable bonds is 11. The molecular formula is C30H35N7O2. The fourth-order valence-electron chi connectivity index (χ4n) is 4.96. The summed E-state index contributed by atoms with van der Waals surface area (Å²) in [6, 6.07) is 18.0. The predicted octanol–water partition coefficient (Wildman–Crippen LogP) is 4.16. The molecule has 9 heteroatoms. The van der Waals surface area contributed by atoms with E-state index in [1.54, 1.807) is 0 Å². The van der Waals surface area contributed by atoms with Crippen molar-refractivity contribution in [2.75, 3.05) is 38.5 Å². The number of piperazine rings is 1. The van der Waals surface area contributed by atoms with Crippen molar-refractivity contribution in [3.05, 3.63) is 79.1 Å². The van der Waals surface area contributed by atoms with Gasteiger partial charge in [0, 0.05) is 38.3 Å². The minimum atomic E-state index is 0.0244. The van der Waals surface area contributed by atoms with Crippen LogP contribution in [0, 0.1) is 0 Å². The Hall–Kier alpha value is -4.24. The summed E-state index contributed by atoms with van der Waals surface area (Å²) in [6.45, 7) is 9.23. The molecule has 2 aromatic heterocycles. The number of aryl methyl sites for hydroxylation is 1. The van der Waals surface area contributed by atoms with E-state index >= 15 is 0 Å². The normalized spacial score (nSPS) is 14.0. The summed E-state index contributed by atoms with van der Waals surface area (Å²) in [5, 5.41) is 5.69. The number of anilines is 1. The van der Waals surface area contributed by atoms with Crippen LogP contribution in [0.25, 0.3) is 22.3 Å². The molecule has 2 N–H and O–H groups in total. The van der Waals surface area contributed by atoms with E-state index in [-0.39, 0.29) is 5.91 Å². The largest absolute Gasteiger partial charge is 0.489 e. The van der Waals surface area contributed by atoms with E-state index in [2.05, 4.69) is 21.4 Å². The zero-order valence-corrected chi connectivity index (χ0v) is 22.2. The van der Waals surface area contributed by atoms with Crippen molar-refractivity contribution < 1.29 is 9.53 Å². The van der Waals surface area contributed by atoms with Gasteiger partial charge >= 0.3 is 0 Å². The third kappa shape index (κ3) is 6.43. The third-order valence-electron chi connectivity index (χ3n) is 7.12. The molecule has 1 saturated heterocycles. The molecule has 0 bridgehead atoms. The zero-order chi connectivity index (χ0) is 27.0. The summed E-state index contributed by atoms with van der Waals surface area (Å²) in [6.07, 6.45) is 6.05. The topological polar surface area (TPSA) is 102 Å². The van der Waals surface area contributed by atoms with Crippen LogP contribution in [-0.4, -0.2) is 68.2 Å². The third-order valence-corrected chi connectivity index (χ3v) is 7.12. The number of nitrogens with two attached hydrogens (primary N) is 1. The summed E-state index contributed by atoms with van der Waals surface area (Å²) in [5.74, 6) is 1.21. The molecule has 0 spiro atoms. The lowest BCUT2D eigenvalue weighted by Crippen LogP contribution is -2.48. The Morgan fingerprint density at radius 2 is 1.77 bits per heavy atom. The van der Waals surface area contributed by atoms with Gasteiger partial charge in [0.05, 0.1) is 5.39 Å². The molecule has 202 valence electrons. The monoisotopic (exact) mass is 525 g/mol. The molecule has 3 heterocycles. The molecule has 0 unspecified atom stereocenters. The number of carbonyl (C=O) groups excluding carboxylic acids is 1. The number of nitrogen functional groups attached to an aromatic ring is 1. The highest BCUT2D eigenvalue weighted by atomic mass is 16.5. The van der Waals surface area contributed by atoms with Crippen LogP contribution in [0.4, 0.5) is 5.82 Å². The smallest absolute Gasteiger partial charge is 0.246 e. The highest BCUT2D eigenvalue weighted by molar-refractivity contribution is 5.98. The second kappa shape index (κ2) is 12.5. The number of unbranched alkanes of at least 4 members (excludes halogenated alkanes) is 2. The van der Waals surface area contributed by atoms with Gasteiger partial charge < -0.3 is 15.4 Å². The number of hydrogen-bond donors (Lipinski definition) is 1. The van der Waals surface area contributed by atoms with E-state index in [1.165, 1.54) is 12.4 Å². The Balaban J connectivity index is 1.20. The molecule has 39 heavy (non-hydrogen) atoms. The molecule has 1 aliphatic rings. The lowest BCUT2D eigenvalue weighted by atomic mass is 10.1. The maximum atomic E-state index is 11.8. The molecule has 1 aliphatic heterocycles. The number of amides is 1.